The van der Waals surface area contributed by atoms with Crippen molar-refractivity contribution < 1.29 is 19.1 Å². The maximum atomic E-state index is 13.3. The highest BCUT2D eigenvalue weighted by atomic mass is 79.9. The summed E-state index contributed by atoms with van der Waals surface area (Å²) < 4.78 is 13.2. The third-order valence-electron chi connectivity index (χ3n) is 9.75. The summed E-state index contributed by atoms with van der Waals surface area (Å²) in [5.41, 5.74) is 3.13. The van der Waals surface area contributed by atoms with Crippen molar-refractivity contribution in [2.45, 2.75) is 64.1 Å². The van der Waals surface area contributed by atoms with E-state index in [1.165, 1.54) is 22.8 Å². The molecule has 37 heavy (non-hydrogen) atoms. The Morgan fingerprint density at radius 1 is 0.946 bits per heavy atom. The summed E-state index contributed by atoms with van der Waals surface area (Å²) in [6.45, 7) is 7.30. The van der Waals surface area contributed by atoms with Crippen molar-refractivity contribution in [2.75, 3.05) is 11.4 Å². The van der Waals surface area contributed by atoms with Gasteiger partial charge in [-0.3, -0.25) is 0 Å². The average Bonchev–Trinajstić information content (AvgIpc) is 3.07. The minimum atomic E-state index is -1.04. The van der Waals surface area contributed by atoms with Gasteiger partial charge in [0.05, 0.1) is 0 Å². The lowest BCUT2D eigenvalue weighted by Gasteiger charge is -2.59. The summed E-state index contributed by atoms with van der Waals surface area (Å²) in [6.07, 6.45) is 8.82. The van der Waals surface area contributed by atoms with E-state index < -0.39 is 17.7 Å². The number of rotatable bonds is 2. The number of carbonyl (C=O) groups is 2. The predicted octanol–water partition coefficient (Wildman–Crippen LogP) is 6.78. The molecule has 4 aliphatic carbocycles. The first-order valence-electron chi connectivity index (χ1n) is 13.6. The quantitative estimate of drug-likeness (QED) is 0.230. The fourth-order valence-corrected chi connectivity index (χ4v) is 8.76. The van der Waals surface area contributed by atoms with E-state index in [0.29, 0.717) is 11.8 Å². The lowest BCUT2D eigenvalue weighted by atomic mass is 9.53. The van der Waals surface area contributed by atoms with Gasteiger partial charge in [0.2, 0.25) is 0 Å². The Hall–Kier alpha value is -2.60. The Kier molecular flexibility index (Phi) is 5.05. The first-order chi connectivity index (χ1) is 17.7. The summed E-state index contributed by atoms with van der Waals surface area (Å²) >= 11 is 3.59. The number of hydrogen-bond acceptors (Lipinski definition) is 5. The predicted molar refractivity (Wildman–Crippen MR) is 146 cm³/mol. The van der Waals surface area contributed by atoms with Gasteiger partial charge in [0, 0.05) is 39.7 Å². The van der Waals surface area contributed by atoms with Crippen LogP contribution in [-0.2, 0) is 24.5 Å². The van der Waals surface area contributed by atoms with E-state index in [0.717, 1.165) is 48.1 Å². The van der Waals surface area contributed by atoms with Crippen molar-refractivity contribution in [1.29, 1.82) is 0 Å². The Morgan fingerprint density at radius 3 is 2.22 bits per heavy atom. The molecule has 2 heterocycles. The fraction of sp³-hybridized carbons (Fsp3) is 0.484. The van der Waals surface area contributed by atoms with E-state index in [1.54, 1.807) is 6.08 Å². The molecule has 0 N–H and O–H groups in total. The summed E-state index contributed by atoms with van der Waals surface area (Å²) in [6, 6.07) is 10.7. The highest BCUT2D eigenvalue weighted by molar-refractivity contribution is 9.10. The Balaban J connectivity index is 1.24. The molecule has 5 nitrogen and oxygen atoms in total. The highest BCUT2D eigenvalue weighted by Crippen LogP contribution is 2.61. The Morgan fingerprint density at radius 2 is 1.59 bits per heavy atom. The molecule has 0 atom stereocenters. The third kappa shape index (κ3) is 3.27. The van der Waals surface area contributed by atoms with Crippen LogP contribution in [0.2, 0.25) is 0 Å². The molecule has 0 aromatic heterocycles. The SMILES string of the molecule is CCN1C(=CC=C2C(=O)OC3(OC2=O)C2CC4CC(C2)CC3C4)C(C)(C)c2c1ccc1cc(Br)ccc21. The molecule has 4 bridgehead atoms. The van der Waals surface area contributed by atoms with E-state index >= 15 is 0 Å². The van der Waals surface area contributed by atoms with Gasteiger partial charge in [-0.15, -0.1) is 0 Å². The molecule has 0 amide bonds. The molecular formula is C31H32BrNO4. The fourth-order valence-electron chi connectivity index (χ4n) is 8.38. The molecule has 192 valence electrons. The van der Waals surface area contributed by atoms with Crippen molar-refractivity contribution in [2.24, 2.45) is 23.7 Å². The van der Waals surface area contributed by atoms with Gasteiger partial charge < -0.3 is 14.4 Å². The number of halogens is 1. The van der Waals surface area contributed by atoms with E-state index in [2.05, 4.69) is 71.9 Å². The van der Waals surface area contributed by atoms with Crippen LogP contribution in [0.5, 0.6) is 0 Å². The molecule has 2 aliphatic heterocycles. The Bertz CT molecular complexity index is 1370. The van der Waals surface area contributed by atoms with Crippen molar-refractivity contribution >= 4 is 44.3 Å². The molecule has 0 unspecified atom stereocenters. The van der Waals surface area contributed by atoms with Crippen molar-refractivity contribution in [3.63, 3.8) is 0 Å². The molecule has 6 heteroatoms. The lowest BCUT2D eigenvalue weighted by molar-refractivity contribution is -0.313. The number of allylic oxidation sites excluding steroid dienone is 3. The second kappa shape index (κ2) is 7.95. The molecule has 1 saturated heterocycles. The number of anilines is 1. The number of nitrogens with zero attached hydrogens (tertiary/aromatic N) is 1. The second-order valence-electron chi connectivity index (χ2n) is 12.1. The standard InChI is InChI=1S/C31H32BrNO4/c1-4-33-25-9-5-19-16-22(32)6-7-23(19)27(25)30(2,3)26(33)10-8-24-28(34)36-31(37-29(24)35)20-12-17-11-18(14-20)15-21(31)13-17/h5-10,16-18,20-21H,4,11-15H2,1-3H3. The summed E-state index contributed by atoms with van der Waals surface area (Å²) in [5.74, 6) is -0.448. The first kappa shape index (κ1) is 23.5. The van der Waals surface area contributed by atoms with Crippen molar-refractivity contribution in [1.82, 2.24) is 0 Å². The van der Waals surface area contributed by atoms with E-state index in [9.17, 15) is 9.59 Å². The van der Waals surface area contributed by atoms with Gasteiger partial charge in [-0.2, -0.15) is 0 Å². The smallest absolute Gasteiger partial charge is 0.348 e. The number of likely N-dealkylation sites (N-methyl/N-ethyl adjacent to an activating group) is 1. The Labute approximate surface area is 226 Å². The number of carbonyl (C=O) groups excluding carboxylic acids is 2. The van der Waals surface area contributed by atoms with Gasteiger partial charge in [0.25, 0.3) is 5.79 Å². The first-order valence-corrected chi connectivity index (χ1v) is 14.4. The zero-order valence-corrected chi connectivity index (χ0v) is 23.1. The molecule has 2 aromatic carbocycles. The maximum Gasteiger partial charge on any atom is 0.348 e. The van der Waals surface area contributed by atoms with E-state index in [1.807, 2.05) is 6.08 Å². The molecule has 2 aromatic rings. The van der Waals surface area contributed by atoms with Crippen LogP contribution in [0.1, 0.15) is 58.4 Å². The lowest BCUT2D eigenvalue weighted by Crippen LogP contribution is -2.63. The second-order valence-corrected chi connectivity index (χ2v) is 13.0. The number of ether oxygens (including phenoxy) is 2. The molecule has 0 radical (unpaired) electrons. The van der Waals surface area contributed by atoms with Gasteiger partial charge in [0.1, 0.15) is 5.57 Å². The normalized spacial score (nSPS) is 34.3. The van der Waals surface area contributed by atoms with Gasteiger partial charge >= 0.3 is 11.9 Å². The minimum Gasteiger partial charge on any atom is -0.418 e. The zero-order valence-electron chi connectivity index (χ0n) is 21.6. The average molecular weight is 563 g/mol. The van der Waals surface area contributed by atoms with Gasteiger partial charge in [-0.25, -0.2) is 9.59 Å². The van der Waals surface area contributed by atoms with Crippen LogP contribution in [-0.4, -0.2) is 24.3 Å². The van der Waals surface area contributed by atoms with Crippen molar-refractivity contribution in [3.05, 3.63) is 63.8 Å². The summed E-state index contributed by atoms with van der Waals surface area (Å²) in [7, 11) is 0. The van der Waals surface area contributed by atoms with Crippen LogP contribution in [0.15, 0.2) is 58.2 Å². The van der Waals surface area contributed by atoms with Gasteiger partial charge in [0.15, 0.2) is 0 Å². The van der Waals surface area contributed by atoms with Crippen LogP contribution >= 0.6 is 15.9 Å². The van der Waals surface area contributed by atoms with Gasteiger partial charge in [-0.05, 0) is 97.6 Å². The van der Waals surface area contributed by atoms with Crippen LogP contribution in [0.25, 0.3) is 10.8 Å². The van der Waals surface area contributed by atoms with E-state index in [4.69, 9.17) is 9.47 Å². The monoisotopic (exact) mass is 561 g/mol. The molecule has 6 aliphatic rings. The summed E-state index contributed by atoms with van der Waals surface area (Å²) in [4.78, 5) is 28.9. The number of fused-ring (bicyclic) bond motifs is 3. The molecular weight excluding hydrogens is 530 g/mol. The number of esters is 2. The van der Waals surface area contributed by atoms with Gasteiger partial charge in [-0.1, -0.05) is 41.9 Å². The number of benzene rings is 2. The molecule has 5 fully saturated rings. The van der Waals surface area contributed by atoms with Crippen LogP contribution in [0.4, 0.5) is 5.69 Å². The zero-order chi connectivity index (χ0) is 25.7. The summed E-state index contributed by atoms with van der Waals surface area (Å²) in [5, 5.41) is 2.39. The van der Waals surface area contributed by atoms with Crippen LogP contribution in [0.3, 0.4) is 0 Å². The minimum absolute atomic E-state index is 0.0106. The topological polar surface area (TPSA) is 55.8 Å². The van der Waals surface area contributed by atoms with Crippen LogP contribution in [0, 0.1) is 23.7 Å². The number of hydrogen-bond donors (Lipinski definition) is 0. The van der Waals surface area contributed by atoms with Crippen LogP contribution < -0.4 is 4.90 Å². The van der Waals surface area contributed by atoms with Crippen molar-refractivity contribution in [3.8, 4) is 0 Å². The largest absolute Gasteiger partial charge is 0.418 e. The molecule has 8 rings (SSSR count). The maximum absolute atomic E-state index is 13.3. The highest BCUT2D eigenvalue weighted by Gasteiger charge is 2.64. The molecule has 4 saturated carbocycles. The molecule has 1 spiro atoms. The van der Waals surface area contributed by atoms with E-state index in [-0.39, 0.29) is 22.8 Å². The third-order valence-corrected chi connectivity index (χ3v) is 10.2.